The molecule has 4 nitrogen and oxygen atoms in total. The van der Waals surface area contributed by atoms with Gasteiger partial charge in [0.25, 0.3) is 0 Å². The number of carbonyl (C=O) groups is 1. The number of carbonyl (C=O) groups excluding carboxylic acids is 1. The SMILES string of the molecule is CCC(C)(C)Oc1c(N)cccc1C(=O)OC. The van der Waals surface area contributed by atoms with E-state index in [0.29, 0.717) is 17.0 Å². The van der Waals surface area contributed by atoms with E-state index in [1.165, 1.54) is 7.11 Å². The van der Waals surface area contributed by atoms with Crippen LogP contribution in [-0.4, -0.2) is 18.7 Å². The van der Waals surface area contributed by atoms with Crippen LogP contribution in [0.5, 0.6) is 5.75 Å². The Bertz CT molecular complexity index is 413. The molecule has 1 rings (SSSR count). The van der Waals surface area contributed by atoms with Crippen LogP contribution in [0.1, 0.15) is 37.6 Å². The van der Waals surface area contributed by atoms with E-state index in [0.717, 1.165) is 6.42 Å². The maximum atomic E-state index is 11.6. The molecule has 0 aliphatic rings. The van der Waals surface area contributed by atoms with E-state index in [1.807, 2.05) is 20.8 Å². The van der Waals surface area contributed by atoms with Gasteiger partial charge in [-0.3, -0.25) is 0 Å². The highest BCUT2D eigenvalue weighted by Gasteiger charge is 2.23. The van der Waals surface area contributed by atoms with Gasteiger partial charge < -0.3 is 15.2 Å². The zero-order chi connectivity index (χ0) is 13.1. The third-order valence-corrected chi connectivity index (χ3v) is 2.68. The minimum absolute atomic E-state index is 0.356. The number of rotatable bonds is 4. The fraction of sp³-hybridized carbons (Fsp3) is 0.462. The summed E-state index contributed by atoms with van der Waals surface area (Å²) in [6.07, 6.45) is 0.807. The highest BCUT2D eigenvalue weighted by Crippen LogP contribution is 2.31. The van der Waals surface area contributed by atoms with Gasteiger partial charge in [0.1, 0.15) is 11.2 Å². The number of hydrogen-bond acceptors (Lipinski definition) is 4. The summed E-state index contributed by atoms with van der Waals surface area (Å²) >= 11 is 0. The minimum Gasteiger partial charge on any atom is -0.485 e. The highest BCUT2D eigenvalue weighted by atomic mass is 16.5. The lowest BCUT2D eigenvalue weighted by molar-refractivity contribution is 0.0580. The van der Waals surface area contributed by atoms with Crippen molar-refractivity contribution in [2.45, 2.75) is 32.8 Å². The Morgan fingerprint density at radius 3 is 2.59 bits per heavy atom. The van der Waals surface area contributed by atoms with Gasteiger partial charge in [-0.2, -0.15) is 0 Å². The van der Waals surface area contributed by atoms with Crippen molar-refractivity contribution >= 4 is 11.7 Å². The lowest BCUT2D eigenvalue weighted by Gasteiger charge is -2.26. The van der Waals surface area contributed by atoms with Crippen LogP contribution in [0.15, 0.2) is 18.2 Å². The van der Waals surface area contributed by atoms with Crippen molar-refractivity contribution in [3.8, 4) is 5.75 Å². The number of nitrogens with two attached hydrogens (primary N) is 1. The largest absolute Gasteiger partial charge is 0.485 e. The molecule has 0 aliphatic heterocycles. The second-order valence-corrected chi connectivity index (χ2v) is 4.43. The van der Waals surface area contributed by atoms with Crippen LogP contribution in [0.4, 0.5) is 5.69 Å². The second-order valence-electron chi connectivity index (χ2n) is 4.43. The molecule has 4 heteroatoms. The van der Waals surface area contributed by atoms with E-state index in [1.54, 1.807) is 18.2 Å². The van der Waals surface area contributed by atoms with E-state index in [2.05, 4.69) is 0 Å². The molecule has 0 amide bonds. The monoisotopic (exact) mass is 237 g/mol. The first kappa shape index (κ1) is 13.4. The van der Waals surface area contributed by atoms with Gasteiger partial charge in [-0.25, -0.2) is 4.79 Å². The van der Waals surface area contributed by atoms with Gasteiger partial charge in [0.2, 0.25) is 0 Å². The van der Waals surface area contributed by atoms with Crippen molar-refractivity contribution in [1.29, 1.82) is 0 Å². The van der Waals surface area contributed by atoms with Gasteiger partial charge in [-0.1, -0.05) is 13.0 Å². The number of para-hydroxylation sites is 1. The van der Waals surface area contributed by atoms with Gasteiger partial charge in [0.05, 0.1) is 12.8 Å². The van der Waals surface area contributed by atoms with E-state index < -0.39 is 5.97 Å². The topological polar surface area (TPSA) is 61.5 Å². The third-order valence-electron chi connectivity index (χ3n) is 2.68. The molecular formula is C13H19NO3. The zero-order valence-corrected chi connectivity index (χ0v) is 10.7. The molecule has 0 unspecified atom stereocenters. The molecule has 0 radical (unpaired) electrons. The van der Waals surface area contributed by atoms with Gasteiger partial charge in [-0.15, -0.1) is 0 Å². The fourth-order valence-electron chi connectivity index (χ4n) is 1.29. The maximum absolute atomic E-state index is 11.6. The first-order valence-corrected chi connectivity index (χ1v) is 5.57. The predicted octanol–water partition coefficient (Wildman–Crippen LogP) is 2.62. The number of nitrogen functional groups attached to an aromatic ring is 1. The van der Waals surface area contributed by atoms with Crippen molar-refractivity contribution in [2.24, 2.45) is 0 Å². The molecule has 17 heavy (non-hydrogen) atoms. The van der Waals surface area contributed by atoms with Crippen molar-refractivity contribution in [3.05, 3.63) is 23.8 Å². The summed E-state index contributed by atoms with van der Waals surface area (Å²) in [5, 5.41) is 0. The van der Waals surface area contributed by atoms with Crippen LogP contribution in [0, 0.1) is 0 Å². The van der Waals surface area contributed by atoms with Gasteiger partial charge in [-0.05, 0) is 32.4 Å². The maximum Gasteiger partial charge on any atom is 0.341 e. The molecule has 0 saturated heterocycles. The summed E-state index contributed by atoms with van der Waals surface area (Å²) in [6.45, 7) is 5.90. The quantitative estimate of drug-likeness (QED) is 0.646. The van der Waals surface area contributed by atoms with Gasteiger partial charge in [0, 0.05) is 0 Å². The molecule has 1 aromatic rings. The van der Waals surface area contributed by atoms with Crippen LogP contribution in [0.2, 0.25) is 0 Å². The zero-order valence-electron chi connectivity index (χ0n) is 10.7. The molecular weight excluding hydrogens is 218 g/mol. The van der Waals surface area contributed by atoms with Gasteiger partial charge >= 0.3 is 5.97 Å². The molecule has 1 aromatic carbocycles. The van der Waals surface area contributed by atoms with E-state index in [4.69, 9.17) is 15.2 Å². The Hall–Kier alpha value is -1.71. The Morgan fingerprint density at radius 2 is 2.06 bits per heavy atom. The molecule has 94 valence electrons. The number of hydrogen-bond donors (Lipinski definition) is 1. The predicted molar refractivity (Wildman–Crippen MR) is 67.2 cm³/mol. The van der Waals surface area contributed by atoms with Crippen molar-refractivity contribution < 1.29 is 14.3 Å². The van der Waals surface area contributed by atoms with Crippen LogP contribution in [0.25, 0.3) is 0 Å². The molecule has 0 aromatic heterocycles. The van der Waals surface area contributed by atoms with Crippen LogP contribution < -0.4 is 10.5 Å². The normalized spacial score (nSPS) is 11.1. The Labute approximate surface area is 102 Å². The number of benzene rings is 1. The van der Waals surface area contributed by atoms with Crippen LogP contribution in [0.3, 0.4) is 0 Å². The average Bonchev–Trinajstić information content (AvgIpc) is 2.30. The molecule has 0 fully saturated rings. The molecule has 2 N–H and O–H groups in total. The smallest absolute Gasteiger partial charge is 0.341 e. The molecule has 0 aliphatic carbocycles. The lowest BCUT2D eigenvalue weighted by atomic mass is 10.1. The Kier molecular flexibility index (Phi) is 3.99. The lowest BCUT2D eigenvalue weighted by Crippen LogP contribution is -2.28. The molecule has 0 heterocycles. The molecule has 0 bridgehead atoms. The number of methoxy groups -OCH3 is 1. The summed E-state index contributed by atoms with van der Waals surface area (Å²) in [7, 11) is 1.33. The number of ether oxygens (including phenoxy) is 2. The summed E-state index contributed by atoms with van der Waals surface area (Å²) in [5.41, 5.74) is 6.26. The van der Waals surface area contributed by atoms with Crippen LogP contribution >= 0.6 is 0 Å². The highest BCUT2D eigenvalue weighted by molar-refractivity contribution is 5.94. The third kappa shape index (κ3) is 3.12. The first-order chi connectivity index (χ1) is 7.91. The molecule has 0 spiro atoms. The minimum atomic E-state index is -0.445. The second kappa shape index (κ2) is 5.08. The standard InChI is InChI=1S/C13H19NO3/c1-5-13(2,3)17-11-9(12(15)16-4)7-6-8-10(11)14/h6-8H,5,14H2,1-4H3. The summed E-state index contributed by atoms with van der Waals surface area (Å²) in [6, 6.07) is 5.05. The number of anilines is 1. The molecule has 0 saturated carbocycles. The first-order valence-electron chi connectivity index (χ1n) is 5.57. The number of esters is 1. The van der Waals surface area contributed by atoms with E-state index >= 15 is 0 Å². The summed E-state index contributed by atoms with van der Waals surface area (Å²) in [5.74, 6) is -0.0506. The molecule has 0 atom stereocenters. The van der Waals surface area contributed by atoms with Crippen molar-refractivity contribution in [2.75, 3.05) is 12.8 Å². The summed E-state index contributed by atoms with van der Waals surface area (Å²) < 4.78 is 10.5. The van der Waals surface area contributed by atoms with Crippen LogP contribution in [-0.2, 0) is 4.74 Å². The average molecular weight is 237 g/mol. The Morgan fingerprint density at radius 1 is 1.41 bits per heavy atom. The summed E-state index contributed by atoms with van der Waals surface area (Å²) in [4.78, 5) is 11.6. The van der Waals surface area contributed by atoms with Crippen molar-refractivity contribution in [1.82, 2.24) is 0 Å². The van der Waals surface area contributed by atoms with E-state index in [9.17, 15) is 4.79 Å². The Balaban J connectivity index is 3.17. The van der Waals surface area contributed by atoms with E-state index in [-0.39, 0.29) is 5.60 Å². The fourth-order valence-corrected chi connectivity index (χ4v) is 1.29. The van der Waals surface area contributed by atoms with Crippen molar-refractivity contribution in [3.63, 3.8) is 0 Å². The van der Waals surface area contributed by atoms with Gasteiger partial charge in [0.15, 0.2) is 5.75 Å².